The largest absolute Gasteiger partial charge is 0.480 e. The van der Waals surface area contributed by atoms with Gasteiger partial charge in [-0.15, -0.1) is 0 Å². The van der Waals surface area contributed by atoms with Gasteiger partial charge in [0.15, 0.2) is 0 Å². The molecular formula is C12H19N3O3. The molecule has 0 saturated heterocycles. The summed E-state index contributed by atoms with van der Waals surface area (Å²) in [4.78, 5) is 22.6. The van der Waals surface area contributed by atoms with Crippen molar-refractivity contribution in [1.82, 2.24) is 10.6 Å². The van der Waals surface area contributed by atoms with Gasteiger partial charge in [-0.25, -0.2) is 4.79 Å². The van der Waals surface area contributed by atoms with Crippen molar-refractivity contribution in [2.45, 2.75) is 39.8 Å². The lowest BCUT2D eigenvalue weighted by Crippen LogP contribution is -2.45. The summed E-state index contributed by atoms with van der Waals surface area (Å²) in [6.45, 7) is 7.08. The van der Waals surface area contributed by atoms with Gasteiger partial charge in [0.05, 0.1) is 0 Å². The lowest BCUT2D eigenvalue weighted by molar-refractivity contribution is -0.142. The Hall–Kier alpha value is -2.03. The Labute approximate surface area is 107 Å². The number of carboxylic acids is 1. The molecule has 0 rings (SSSR count). The summed E-state index contributed by atoms with van der Waals surface area (Å²) in [5.41, 5.74) is -0.143. The van der Waals surface area contributed by atoms with E-state index in [2.05, 4.69) is 10.6 Å². The first-order chi connectivity index (χ1) is 8.29. The monoisotopic (exact) mass is 253 g/mol. The van der Waals surface area contributed by atoms with Crippen LogP contribution in [0.15, 0.2) is 11.8 Å². The molecule has 0 fully saturated rings. The molecule has 0 aromatic carbocycles. The SMILES string of the molecule is CC(C)N/C=C(/C#N)C(=O)NC(C(=O)O)C(C)C. The quantitative estimate of drug-likeness (QED) is 0.475. The summed E-state index contributed by atoms with van der Waals surface area (Å²) in [6.07, 6.45) is 1.29. The minimum Gasteiger partial charge on any atom is -0.480 e. The van der Waals surface area contributed by atoms with Crippen LogP contribution in [-0.2, 0) is 9.59 Å². The molecule has 0 heterocycles. The first-order valence-corrected chi connectivity index (χ1v) is 5.69. The molecule has 0 aliphatic heterocycles. The molecule has 0 aromatic heterocycles. The highest BCUT2D eigenvalue weighted by molar-refractivity contribution is 5.99. The molecule has 6 nitrogen and oxygen atoms in total. The van der Waals surface area contributed by atoms with Crippen LogP contribution < -0.4 is 10.6 Å². The minimum atomic E-state index is -1.12. The maximum absolute atomic E-state index is 11.7. The molecule has 0 aromatic rings. The zero-order valence-electron chi connectivity index (χ0n) is 11.0. The third kappa shape index (κ3) is 5.34. The van der Waals surface area contributed by atoms with Gasteiger partial charge in [-0.3, -0.25) is 4.79 Å². The van der Waals surface area contributed by atoms with Gasteiger partial charge in [0.25, 0.3) is 5.91 Å². The smallest absolute Gasteiger partial charge is 0.326 e. The van der Waals surface area contributed by atoms with Crippen LogP contribution in [0.5, 0.6) is 0 Å². The highest BCUT2D eigenvalue weighted by Crippen LogP contribution is 2.03. The van der Waals surface area contributed by atoms with E-state index in [0.717, 1.165) is 0 Å². The van der Waals surface area contributed by atoms with E-state index in [4.69, 9.17) is 10.4 Å². The van der Waals surface area contributed by atoms with Gasteiger partial charge in [-0.2, -0.15) is 5.26 Å². The Kier molecular flexibility index (Phi) is 6.50. The molecule has 1 atom stereocenters. The average Bonchev–Trinajstić information content (AvgIpc) is 2.25. The molecule has 1 amide bonds. The number of rotatable bonds is 6. The molecule has 100 valence electrons. The first kappa shape index (κ1) is 16.0. The number of hydrogen-bond acceptors (Lipinski definition) is 4. The van der Waals surface area contributed by atoms with Crippen molar-refractivity contribution in [1.29, 1.82) is 5.26 Å². The van der Waals surface area contributed by atoms with Crippen molar-refractivity contribution in [2.24, 2.45) is 5.92 Å². The van der Waals surface area contributed by atoms with E-state index in [1.165, 1.54) is 6.20 Å². The first-order valence-electron chi connectivity index (χ1n) is 5.69. The van der Waals surface area contributed by atoms with Gasteiger partial charge in [0.1, 0.15) is 17.7 Å². The third-order valence-electron chi connectivity index (χ3n) is 2.15. The topological polar surface area (TPSA) is 102 Å². The van der Waals surface area contributed by atoms with Crippen LogP contribution in [0.25, 0.3) is 0 Å². The number of hydrogen-bond donors (Lipinski definition) is 3. The van der Waals surface area contributed by atoms with E-state index in [-0.39, 0.29) is 17.5 Å². The molecule has 0 spiro atoms. The number of carbonyl (C=O) groups excluding carboxylic acids is 1. The zero-order valence-corrected chi connectivity index (χ0v) is 11.0. The van der Waals surface area contributed by atoms with Crippen LogP contribution in [0, 0.1) is 17.2 Å². The van der Waals surface area contributed by atoms with Gasteiger partial charge in [0, 0.05) is 12.2 Å². The van der Waals surface area contributed by atoms with Crippen molar-refractivity contribution < 1.29 is 14.7 Å². The number of nitriles is 1. The van der Waals surface area contributed by atoms with Crippen LogP contribution in [0.3, 0.4) is 0 Å². The molecule has 0 aliphatic rings. The Morgan fingerprint density at radius 3 is 2.17 bits per heavy atom. The number of amides is 1. The number of nitrogens with one attached hydrogen (secondary N) is 2. The van der Waals surface area contributed by atoms with E-state index in [0.29, 0.717) is 0 Å². The van der Waals surface area contributed by atoms with Gasteiger partial charge in [0.2, 0.25) is 0 Å². The summed E-state index contributed by atoms with van der Waals surface area (Å²) < 4.78 is 0. The fraction of sp³-hybridized carbons (Fsp3) is 0.583. The van der Waals surface area contributed by atoms with Crippen molar-refractivity contribution in [3.05, 3.63) is 11.8 Å². The predicted molar refractivity (Wildman–Crippen MR) is 66.4 cm³/mol. The lowest BCUT2D eigenvalue weighted by atomic mass is 10.0. The molecular weight excluding hydrogens is 234 g/mol. The summed E-state index contributed by atoms with van der Waals surface area (Å²) >= 11 is 0. The lowest BCUT2D eigenvalue weighted by Gasteiger charge is -2.17. The fourth-order valence-corrected chi connectivity index (χ4v) is 1.13. The van der Waals surface area contributed by atoms with Crippen LogP contribution >= 0.6 is 0 Å². The normalized spacial score (nSPS) is 13.1. The van der Waals surface area contributed by atoms with Crippen molar-refractivity contribution >= 4 is 11.9 Å². The van der Waals surface area contributed by atoms with Gasteiger partial charge in [-0.05, 0) is 19.8 Å². The van der Waals surface area contributed by atoms with Gasteiger partial charge < -0.3 is 15.7 Å². The van der Waals surface area contributed by atoms with Crippen molar-refractivity contribution in [2.75, 3.05) is 0 Å². The molecule has 1 unspecified atom stereocenters. The zero-order chi connectivity index (χ0) is 14.3. The second-order valence-electron chi connectivity index (χ2n) is 4.52. The Bertz CT molecular complexity index is 381. The molecule has 0 saturated carbocycles. The Morgan fingerprint density at radius 1 is 1.28 bits per heavy atom. The second-order valence-corrected chi connectivity index (χ2v) is 4.52. The maximum atomic E-state index is 11.7. The number of carbonyl (C=O) groups is 2. The highest BCUT2D eigenvalue weighted by atomic mass is 16.4. The van der Waals surface area contributed by atoms with Crippen LogP contribution in [0.1, 0.15) is 27.7 Å². The van der Waals surface area contributed by atoms with Crippen molar-refractivity contribution in [3.8, 4) is 6.07 Å². The Balaban J connectivity index is 4.77. The predicted octanol–water partition coefficient (Wildman–Crippen LogP) is 0.617. The van der Waals surface area contributed by atoms with Gasteiger partial charge >= 0.3 is 5.97 Å². The van der Waals surface area contributed by atoms with Crippen LogP contribution in [-0.4, -0.2) is 29.1 Å². The van der Waals surface area contributed by atoms with Gasteiger partial charge in [-0.1, -0.05) is 13.8 Å². The van der Waals surface area contributed by atoms with Crippen LogP contribution in [0.2, 0.25) is 0 Å². The minimum absolute atomic E-state index is 0.0847. The molecule has 3 N–H and O–H groups in total. The Morgan fingerprint density at radius 2 is 1.83 bits per heavy atom. The van der Waals surface area contributed by atoms with E-state index in [9.17, 15) is 9.59 Å². The standard InChI is InChI=1S/C12H19N3O3/c1-7(2)10(12(17)18)15-11(16)9(5-13)6-14-8(3)4/h6-8,10,14H,1-4H3,(H,15,16)(H,17,18)/b9-6-. The maximum Gasteiger partial charge on any atom is 0.326 e. The number of aliphatic carboxylic acids is 1. The third-order valence-corrected chi connectivity index (χ3v) is 2.15. The van der Waals surface area contributed by atoms with Crippen LogP contribution in [0.4, 0.5) is 0 Å². The second kappa shape index (κ2) is 7.33. The highest BCUT2D eigenvalue weighted by Gasteiger charge is 2.24. The molecule has 6 heteroatoms. The molecule has 0 bridgehead atoms. The van der Waals surface area contributed by atoms with E-state index in [1.807, 2.05) is 13.8 Å². The van der Waals surface area contributed by atoms with E-state index >= 15 is 0 Å². The number of nitrogens with zero attached hydrogens (tertiary/aromatic N) is 1. The average molecular weight is 253 g/mol. The van der Waals surface area contributed by atoms with E-state index < -0.39 is 17.9 Å². The summed E-state index contributed by atoms with van der Waals surface area (Å²) in [5, 5.41) is 22.9. The van der Waals surface area contributed by atoms with Crippen molar-refractivity contribution in [3.63, 3.8) is 0 Å². The summed E-state index contributed by atoms with van der Waals surface area (Å²) in [7, 11) is 0. The molecule has 0 radical (unpaired) electrons. The molecule has 18 heavy (non-hydrogen) atoms. The fourth-order valence-electron chi connectivity index (χ4n) is 1.13. The summed E-state index contributed by atoms with van der Waals surface area (Å²) in [6, 6.07) is 0.813. The number of carboxylic acid groups (broad SMARTS) is 1. The van der Waals surface area contributed by atoms with E-state index in [1.54, 1.807) is 19.9 Å². The summed E-state index contributed by atoms with van der Waals surface area (Å²) in [5.74, 6) is -2.07. The molecule has 0 aliphatic carbocycles.